The van der Waals surface area contributed by atoms with Crippen LogP contribution in [0.25, 0.3) is 22.6 Å². The average Bonchev–Trinajstić information content (AvgIpc) is 3.27. The molecule has 1 atom stereocenters. The molecule has 1 saturated heterocycles. The first-order valence-corrected chi connectivity index (χ1v) is 13.0. The first kappa shape index (κ1) is 27.2. The highest BCUT2D eigenvalue weighted by molar-refractivity contribution is 5.98. The van der Waals surface area contributed by atoms with Crippen molar-refractivity contribution in [2.24, 2.45) is 12.0 Å². The zero-order valence-corrected chi connectivity index (χ0v) is 22.7. The Hall–Kier alpha value is -4.39. The predicted molar refractivity (Wildman–Crippen MR) is 151 cm³/mol. The zero-order chi connectivity index (χ0) is 28.2. The highest BCUT2D eigenvalue weighted by Gasteiger charge is 2.23. The van der Waals surface area contributed by atoms with Crippen LogP contribution in [0.1, 0.15) is 24.4 Å². The number of amidine groups is 1. The summed E-state index contributed by atoms with van der Waals surface area (Å²) in [6.07, 6.45) is 7.67. The maximum absolute atomic E-state index is 11.8. The van der Waals surface area contributed by atoms with Crippen molar-refractivity contribution in [1.82, 2.24) is 29.9 Å². The van der Waals surface area contributed by atoms with Gasteiger partial charge in [0.15, 0.2) is 22.8 Å². The molecule has 0 spiro atoms. The zero-order valence-electron chi connectivity index (χ0n) is 22.7. The Balaban J connectivity index is 1.54. The number of hydrogen-bond acceptors (Lipinski definition) is 10. The highest BCUT2D eigenvalue weighted by Crippen LogP contribution is 2.29. The number of aryl methyl sites for hydroxylation is 1. The van der Waals surface area contributed by atoms with E-state index in [4.69, 9.17) is 24.9 Å². The number of aliphatic hydroxyl groups excluding tert-OH is 1. The maximum atomic E-state index is 11.8. The Bertz CT molecular complexity index is 1530. The van der Waals surface area contributed by atoms with Gasteiger partial charge in [-0.15, -0.1) is 0 Å². The van der Waals surface area contributed by atoms with Crippen LogP contribution in [0.4, 0.5) is 5.82 Å². The summed E-state index contributed by atoms with van der Waals surface area (Å²) >= 11 is 0. The minimum Gasteiger partial charge on any atom is -0.389 e. The quantitative estimate of drug-likeness (QED) is 0.315. The van der Waals surface area contributed by atoms with E-state index >= 15 is 0 Å². The number of allylic oxidation sites excluding steroid dienone is 2. The van der Waals surface area contributed by atoms with Crippen LogP contribution >= 0.6 is 0 Å². The van der Waals surface area contributed by atoms with E-state index in [-0.39, 0.29) is 5.57 Å². The summed E-state index contributed by atoms with van der Waals surface area (Å²) < 4.78 is 7.53. The summed E-state index contributed by atoms with van der Waals surface area (Å²) in [5.41, 5.74) is 4.84. The molecular weight excluding hydrogens is 512 g/mol. The van der Waals surface area contributed by atoms with E-state index in [0.29, 0.717) is 55.7 Å². The molecule has 3 N–H and O–H groups in total. The van der Waals surface area contributed by atoms with Gasteiger partial charge in [-0.2, -0.15) is 0 Å². The van der Waals surface area contributed by atoms with E-state index in [1.165, 1.54) is 6.20 Å². The summed E-state index contributed by atoms with van der Waals surface area (Å²) in [7, 11) is 3.81. The number of anilines is 1. The second kappa shape index (κ2) is 11.8. The van der Waals surface area contributed by atoms with Gasteiger partial charge < -0.3 is 24.2 Å². The molecule has 3 aromatic rings. The molecule has 4 heterocycles. The number of nitrogens with one attached hydrogen (secondary N) is 1. The maximum Gasteiger partial charge on any atom is 0.276 e. The number of carbonyl (C=O) groups excluding carboxylic acids is 1. The Morgan fingerprint density at radius 2 is 1.95 bits per heavy atom. The number of amides is 1. The van der Waals surface area contributed by atoms with E-state index in [1.54, 1.807) is 30.6 Å². The SMILES string of the molecule is CC(O)c1cccc(-c2nc(N3CCOCC3)c3nc(CN(C)C4=N/C=C(C(=O)NO)\C=C\C=C\4)n(C)c3n2)c1. The second-order valence-electron chi connectivity index (χ2n) is 9.62. The molecule has 0 saturated carbocycles. The number of carbonyl (C=O) groups is 1. The number of likely N-dealkylation sites (N-methyl/N-ethyl adjacent to an activating group) is 1. The van der Waals surface area contributed by atoms with Crippen molar-refractivity contribution in [2.45, 2.75) is 19.6 Å². The lowest BCUT2D eigenvalue weighted by Crippen LogP contribution is -2.37. The first-order valence-electron chi connectivity index (χ1n) is 13.0. The molecule has 5 rings (SSSR count). The summed E-state index contributed by atoms with van der Waals surface area (Å²) in [5.74, 6) is 2.01. The highest BCUT2D eigenvalue weighted by atomic mass is 16.5. The minimum absolute atomic E-state index is 0.220. The largest absolute Gasteiger partial charge is 0.389 e. The molecule has 2 aromatic heterocycles. The van der Waals surface area contributed by atoms with Gasteiger partial charge in [-0.3, -0.25) is 10.0 Å². The normalized spacial score (nSPS) is 20.5. The van der Waals surface area contributed by atoms with Crippen molar-refractivity contribution in [3.05, 3.63) is 71.7 Å². The predicted octanol–water partition coefficient (Wildman–Crippen LogP) is 2.27. The number of ether oxygens (including phenoxy) is 1. The van der Waals surface area contributed by atoms with E-state index in [9.17, 15) is 9.90 Å². The number of rotatable bonds is 6. The molecular formula is C28H32N8O4. The molecule has 40 heavy (non-hydrogen) atoms. The molecule has 1 fully saturated rings. The molecule has 1 amide bonds. The van der Waals surface area contributed by atoms with Crippen molar-refractivity contribution in [3.63, 3.8) is 0 Å². The van der Waals surface area contributed by atoms with Crippen LogP contribution < -0.4 is 10.4 Å². The third kappa shape index (κ3) is 5.64. The molecule has 2 aliphatic rings. The smallest absolute Gasteiger partial charge is 0.276 e. The standard InChI is InChI=1S/C28H32N8O4/c1-18(37)19-8-6-9-20(15-19)25-31-26-24(27(32-25)36-11-13-40-14-12-36)30-23(35(26)3)17-34(2)22-10-5-4-7-21(16-29-22)28(38)33-39/h4-10,15-16,18,37,39H,11-14,17H2,1-3H3,(H,33,38)/b5-4?,7-4+,10-5+,21-7?,21-16+,22-10?,29-16?,29-22+. The Morgan fingerprint density at radius 3 is 2.70 bits per heavy atom. The fraction of sp³-hybridized carbons (Fsp3) is 0.321. The van der Waals surface area contributed by atoms with Crippen molar-refractivity contribution < 1.29 is 19.8 Å². The number of imidazole rings is 1. The summed E-state index contributed by atoms with van der Waals surface area (Å²) in [4.78, 5) is 35.2. The number of hydroxylamine groups is 1. The monoisotopic (exact) mass is 544 g/mol. The number of aromatic nitrogens is 4. The van der Waals surface area contributed by atoms with E-state index in [0.717, 1.165) is 22.8 Å². The van der Waals surface area contributed by atoms with Gasteiger partial charge in [0, 0.05) is 38.9 Å². The Morgan fingerprint density at radius 1 is 1.18 bits per heavy atom. The van der Waals surface area contributed by atoms with Crippen molar-refractivity contribution in [2.75, 3.05) is 38.3 Å². The van der Waals surface area contributed by atoms with Gasteiger partial charge in [-0.05, 0) is 30.7 Å². The fourth-order valence-corrected chi connectivity index (χ4v) is 4.54. The van der Waals surface area contributed by atoms with Crippen molar-refractivity contribution >= 4 is 28.7 Å². The molecule has 0 aliphatic carbocycles. The Labute approximate surface area is 231 Å². The van der Waals surface area contributed by atoms with E-state index in [2.05, 4.69) is 9.89 Å². The van der Waals surface area contributed by atoms with Crippen molar-refractivity contribution in [3.8, 4) is 11.4 Å². The number of fused-ring (bicyclic) bond motifs is 1. The van der Waals surface area contributed by atoms with Crippen molar-refractivity contribution in [1.29, 1.82) is 0 Å². The number of nitrogens with zero attached hydrogens (tertiary/aromatic N) is 7. The molecule has 0 radical (unpaired) electrons. The fourth-order valence-electron chi connectivity index (χ4n) is 4.54. The van der Waals surface area contributed by atoms with Crippen LogP contribution in [0.3, 0.4) is 0 Å². The summed E-state index contributed by atoms with van der Waals surface area (Å²) in [5, 5.41) is 19.1. The molecule has 12 heteroatoms. The lowest BCUT2D eigenvalue weighted by molar-refractivity contribution is -0.124. The van der Waals surface area contributed by atoms with E-state index in [1.807, 2.05) is 53.9 Å². The molecule has 1 unspecified atom stereocenters. The molecule has 1 aromatic carbocycles. The minimum atomic E-state index is -0.642. The average molecular weight is 545 g/mol. The molecule has 2 aliphatic heterocycles. The van der Waals surface area contributed by atoms with Crippen LogP contribution in [0.2, 0.25) is 0 Å². The first-order chi connectivity index (χ1) is 19.4. The van der Waals surface area contributed by atoms with Crippen LogP contribution in [-0.4, -0.2) is 79.8 Å². The van der Waals surface area contributed by atoms with E-state index < -0.39 is 12.0 Å². The molecule has 12 nitrogen and oxygen atoms in total. The van der Waals surface area contributed by atoms with Gasteiger partial charge in [0.1, 0.15) is 11.7 Å². The molecule has 208 valence electrons. The lowest BCUT2D eigenvalue weighted by atomic mass is 10.1. The van der Waals surface area contributed by atoms with Gasteiger partial charge in [-0.1, -0.05) is 30.4 Å². The number of aliphatic hydroxyl groups is 1. The number of hydrogen-bond donors (Lipinski definition) is 3. The summed E-state index contributed by atoms with van der Waals surface area (Å²) in [6, 6.07) is 7.62. The topological polar surface area (TPSA) is 141 Å². The van der Waals surface area contributed by atoms with Crippen LogP contribution in [0, 0.1) is 0 Å². The molecule has 0 bridgehead atoms. The number of benzene rings is 1. The summed E-state index contributed by atoms with van der Waals surface area (Å²) in [6.45, 7) is 4.73. The third-order valence-electron chi connectivity index (χ3n) is 6.83. The number of aliphatic imine (C=N–C) groups is 1. The van der Waals surface area contributed by atoms with Gasteiger partial charge in [0.25, 0.3) is 5.91 Å². The van der Waals surface area contributed by atoms with Crippen LogP contribution in [0.15, 0.2) is 65.3 Å². The number of morpholine rings is 1. The van der Waals surface area contributed by atoms with Gasteiger partial charge in [-0.25, -0.2) is 25.4 Å². The van der Waals surface area contributed by atoms with Crippen LogP contribution in [-0.2, 0) is 23.1 Å². The van der Waals surface area contributed by atoms with Crippen LogP contribution in [0.5, 0.6) is 0 Å². The third-order valence-corrected chi connectivity index (χ3v) is 6.83. The second-order valence-corrected chi connectivity index (χ2v) is 9.62. The lowest BCUT2D eigenvalue weighted by Gasteiger charge is -2.28. The van der Waals surface area contributed by atoms with Gasteiger partial charge in [0.2, 0.25) is 0 Å². The van der Waals surface area contributed by atoms with Gasteiger partial charge in [0.05, 0.1) is 31.4 Å². The van der Waals surface area contributed by atoms with Gasteiger partial charge >= 0.3 is 0 Å². The Kier molecular flexibility index (Phi) is 8.01.